The highest BCUT2D eigenvalue weighted by molar-refractivity contribution is 7.92. The maximum Gasteiger partial charge on any atom is 0.248 e. The number of aryl methyl sites for hydroxylation is 2. The fourth-order valence-corrected chi connectivity index (χ4v) is 4.18. The molecule has 1 atom stereocenters. The number of anilines is 2. The summed E-state index contributed by atoms with van der Waals surface area (Å²) in [5.74, 6) is -0.407. The minimum atomic E-state index is -3.70. The number of carbonyl (C=O) groups is 1. The minimum Gasteiger partial charge on any atom is -0.324 e. The molecule has 0 aliphatic carbocycles. The van der Waals surface area contributed by atoms with Crippen molar-refractivity contribution >= 4 is 38.9 Å². The predicted octanol–water partition coefficient (Wildman–Crippen LogP) is 4.00. The van der Waals surface area contributed by atoms with Crippen LogP contribution in [0.2, 0.25) is 5.02 Å². The monoisotopic (exact) mass is 394 g/mol. The lowest BCUT2D eigenvalue weighted by atomic mass is 10.1. The van der Waals surface area contributed by atoms with Crippen molar-refractivity contribution in [3.05, 3.63) is 58.6 Å². The van der Waals surface area contributed by atoms with Crippen LogP contribution in [0.15, 0.2) is 42.5 Å². The van der Waals surface area contributed by atoms with E-state index in [9.17, 15) is 13.2 Å². The molecule has 140 valence electrons. The van der Waals surface area contributed by atoms with Gasteiger partial charge in [-0.05, 0) is 49.6 Å². The molecule has 26 heavy (non-hydrogen) atoms. The van der Waals surface area contributed by atoms with Crippen LogP contribution in [0, 0.1) is 6.92 Å². The Hall–Kier alpha value is -2.05. The molecule has 7 heteroatoms. The summed E-state index contributed by atoms with van der Waals surface area (Å²) in [5.41, 5.74) is 2.78. The van der Waals surface area contributed by atoms with Gasteiger partial charge in [-0.2, -0.15) is 0 Å². The van der Waals surface area contributed by atoms with Crippen LogP contribution in [0.4, 0.5) is 11.4 Å². The Balaban J connectivity index is 2.40. The summed E-state index contributed by atoms with van der Waals surface area (Å²) in [5, 5.41) is 3.25. The van der Waals surface area contributed by atoms with E-state index < -0.39 is 22.0 Å². The van der Waals surface area contributed by atoms with Gasteiger partial charge in [0.15, 0.2) is 0 Å². The van der Waals surface area contributed by atoms with Gasteiger partial charge in [0.2, 0.25) is 15.9 Å². The lowest BCUT2D eigenvalue weighted by molar-refractivity contribution is -0.116. The van der Waals surface area contributed by atoms with Crippen LogP contribution in [-0.4, -0.2) is 26.6 Å². The first-order valence-corrected chi connectivity index (χ1v) is 10.5. The Kier molecular flexibility index (Phi) is 6.31. The number of halogens is 1. The Bertz CT molecular complexity index is 913. The third-order valence-electron chi connectivity index (χ3n) is 4.15. The van der Waals surface area contributed by atoms with Crippen LogP contribution in [0.5, 0.6) is 0 Å². The first-order chi connectivity index (χ1) is 12.1. The van der Waals surface area contributed by atoms with Gasteiger partial charge in [0, 0.05) is 10.7 Å². The molecular formula is C19H23ClN2O3S. The third kappa shape index (κ3) is 4.56. The Morgan fingerprint density at radius 2 is 1.88 bits per heavy atom. The molecule has 0 saturated carbocycles. The molecule has 0 heterocycles. The topological polar surface area (TPSA) is 66.5 Å². The molecule has 1 N–H and O–H groups in total. The zero-order valence-electron chi connectivity index (χ0n) is 15.3. The van der Waals surface area contributed by atoms with Crippen LogP contribution in [0.25, 0.3) is 0 Å². The van der Waals surface area contributed by atoms with E-state index in [2.05, 4.69) is 5.32 Å². The van der Waals surface area contributed by atoms with E-state index in [0.29, 0.717) is 22.0 Å². The highest BCUT2D eigenvalue weighted by Crippen LogP contribution is 2.28. The van der Waals surface area contributed by atoms with Crippen LogP contribution in [0.3, 0.4) is 0 Å². The van der Waals surface area contributed by atoms with Crippen LogP contribution in [0.1, 0.15) is 25.0 Å². The standard InChI is InChI=1S/C19H23ClN2O3S/c1-5-15-8-6-7-9-17(15)21-19(23)14(3)22(26(4,24)25)18-12-16(20)11-10-13(18)2/h6-12,14H,5H2,1-4H3,(H,21,23)/t14-/m1/s1. The molecule has 0 fully saturated rings. The second-order valence-corrected chi connectivity index (χ2v) is 8.46. The molecule has 0 radical (unpaired) electrons. The number of benzene rings is 2. The molecular weight excluding hydrogens is 372 g/mol. The SMILES string of the molecule is CCc1ccccc1NC(=O)[C@@H](C)N(c1cc(Cl)ccc1C)S(C)(=O)=O. The number of para-hydroxylation sites is 1. The second kappa shape index (κ2) is 8.10. The highest BCUT2D eigenvalue weighted by atomic mass is 35.5. The second-order valence-electron chi connectivity index (χ2n) is 6.17. The molecule has 2 aromatic carbocycles. The van der Waals surface area contributed by atoms with Crippen molar-refractivity contribution in [1.29, 1.82) is 0 Å². The van der Waals surface area contributed by atoms with Crippen molar-refractivity contribution < 1.29 is 13.2 Å². The van der Waals surface area contributed by atoms with Crippen LogP contribution in [-0.2, 0) is 21.2 Å². The summed E-state index contributed by atoms with van der Waals surface area (Å²) in [6.07, 6.45) is 1.84. The molecule has 2 rings (SSSR count). The van der Waals surface area contributed by atoms with E-state index in [-0.39, 0.29) is 0 Å². The predicted molar refractivity (Wildman–Crippen MR) is 107 cm³/mol. The molecule has 0 aromatic heterocycles. The van der Waals surface area contributed by atoms with Crippen molar-refractivity contribution in [3.63, 3.8) is 0 Å². The lowest BCUT2D eigenvalue weighted by Crippen LogP contribution is -2.45. The smallest absolute Gasteiger partial charge is 0.248 e. The van der Waals surface area contributed by atoms with Gasteiger partial charge in [0.05, 0.1) is 11.9 Å². The van der Waals surface area contributed by atoms with E-state index in [1.54, 1.807) is 38.1 Å². The lowest BCUT2D eigenvalue weighted by Gasteiger charge is -2.29. The van der Waals surface area contributed by atoms with Crippen molar-refractivity contribution in [2.45, 2.75) is 33.2 Å². The third-order valence-corrected chi connectivity index (χ3v) is 5.62. The summed E-state index contributed by atoms with van der Waals surface area (Å²) in [6.45, 7) is 5.33. The first-order valence-electron chi connectivity index (χ1n) is 8.29. The fraction of sp³-hybridized carbons (Fsp3) is 0.316. The maximum absolute atomic E-state index is 12.8. The molecule has 0 saturated heterocycles. The number of rotatable bonds is 6. The molecule has 0 spiro atoms. The van der Waals surface area contributed by atoms with Gasteiger partial charge in [-0.1, -0.05) is 42.8 Å². The van der Waals surface area contributed by atoms with Gasteiger partial charge >= 0.3 is 0 Å². The van der Waals surface area contributed by atoms with Crippen LogP contribution >= 0.6 is 11.6 Å². The molecule has 0 bridgehead atoms. The zero-order chi connectivity index (χ0) is 19.5. The van der Waals surface area contributed by atoms with Crippen molar-refractivity contribution in [3.8, 4) is 0 Å². The average Bonchev–Trinajstić information content (AvgIpc) is 2.57. The summed E-state index contributed by atoms with van der Waals surface area (Å²) < 4.78 is 25.9. The van der Waals surface area contributed by atoms with Gasteiger partial charge in [-0.15, -0.1) is 0 Å². The van der Waals surface area contributed by atoms with Crippen molar-refractivity contribution in [2.75, 3.05) is 15.9 Å². The molecule has 5 nitrogen and oxygen atoms in total. The quantitative estimate of drug-likeness (QED) is 0.805. The number of nitrogens with one attached hydrogen (secondary N) is 1. The van der Waals surface area contributed by atoms with Gasteiger partial charge in [-0.3, -0.25) is 9.10 Å². The van der Waals surface area contributed by atoms with E-state index in [1.807, 2.05) is 25.1 Å². The summed E-state index contributed by atoms with van der Waals surface area (Å²) in [6, 6.07) is 11.5. The number of hydrogen-bond acceptors (Lipinski definition) is 3. The Labute approximate surface area is 160 Å². The molecule has 0 aliphatic heterocycles. The highest BCUT2D eigenvalue weighted by Gasteiger charge is 2.30. The zero-order valence-corrected chi connectivity index (χ0v) is 16.9. The average molecular weight is 395 g/mol. The molecule has 0 aliphatic rings. The molecule has 0 unspecified atom stereocenters. The fourth-order valence-electron chi connectivity index (χ4n) is 2.79. The minimum absolute atomic E-state index is 0.395. The van der Waals surface area contributed by atoms with E-state index >= 15 is 0 Å². The number of hydrogen-bond donors (Lipinski definition) is 1. The summed E-state index contributed by atoms with van der Waals surface area (Å²) in [7, 11) is -3.70. The van der Waals surface area contributed by atoms with E-state index in [4.69, 9.17) is 11.6 Å². The van der Waals surface area contributed by atoms with Crippen LogP contribution < -0.4 is 9.62 Å². The Morgan fingerprint density at radius 3 is 2.50 bits per heavy atom. The number of amides is 1. The molecule has 2 aromatic rings. The van der Waals surface area contributed by atoms with Gasteiger partial charge in [0.25, 0.3) is 0 Å². The summed E-state index contributed by atoms with van der Waals surface area (Å²) in [4.78, 5) is 12.8. The van der Waals surface area contributed by atoms with Crippen molar-refractivity contribution in [2.24, 2.45) is 0 Å². The normalized spacial score (nSPS) is 12.5. The first kappa shape index (κ1) is 20.3. The van der Waals surface area contributed by atoms with Crippen molar-refractivity contribution in [1.82, 2.24) is 0 Å². The number of sulfonamides is 1. The van der Waals surface area contributed by atoms with Gasteiger partial charge in [-0.25, -0.2) is 8.42 Å². The Morgan fingerprint density at radius 1 is 1.23 bits per heavy atom. The number of nitrogens with zero attached hydrogens (tertiary/aromatic N) is 1. The maximum atomic E-state index is 12.8. The van der Waals surface area contributed by atoms with E-state index in [0.717, 1.165) is 22.5 Å². The molecule has 1 amide bonds. The summed E-state index contributed by atoms with van der Waals surface area (Å²) >= 11 is 6.04. The van der Waals surface area contributed by atoms with E-state index in [1.165, 1.54) is 0 Å². The van der Waals surface area contributed by atoms with Gasteiger partial charge < -0.3 is 5.32 Å². The largest absolute Gasteiger partial charge is 0.324 e. The van der Waals surface area contributed by atoms with Gasteiger partial charge in [0.1, 0.15) is 6.04 Å². The number of carbonyl (C=O) groups excluding carboxylic acids is 1.